The Morgan fingerprint density at radius 1 is 1.13 bits per heavy atom. The molecule has 0 atom stereocenters. The van der Waals surface area contributed by atoms with Crippen molar-refractivity contribution in [3.05, 3.63) is 64.7 Å². The van der Waals surface area contributed by atoms with Crippen LogP contribution in [0.4, 0.5) is 23.7 Å². The van der Waals surface area contributed by atoms with Crippen molar-refractivity contribution in [1.82, 2.24) is 4.90 Å². The quantitative estimate of drug-likeness (QED) is 0.669. The van der Waals surface area contributed by atoms with Gasteiger partial charge in [-0.15, -0.1) is 0 Å². The van der Waals surface area contributed by atoms with Crippen LogP contribution < -0.4 is 5.32 Å². The lowest BCUT2D eigenvalue weighted by atomic mass is 9.85. The standard InChI is InChI=1S/C21H19ClF3N3O2/c22-17-7-6-15(12-16(17)21(23,24)25)26-19(29)28-10-8-20(9-11-28)13-18(27-30-20)14-4-2-1-3-5-14/h1-7,12H,8-11,13H2,(H,26,29). The third-order valence-electron chi connectivity index (χ3n) is 5.43. The summed E-state index contributed by atoms with van der Waals surface area (Å²) in [6.45, 7) is 0.840. The van der Waals surface area contributed by atoms with Gasteiger partial charge in [0.05, 0.1) is 16.3 Å². The summed E-state index contributed by atoms with van der Waals surface area (Å²) in [5, 5.41) is 6.35. The van der Waals surface area contributed by atoms with Crippen LogP contribution in [0.15, 0.2) is 53.7 Å². The van der Waals surface area contributed by atoms with Gasteiger partial charge in [-0.25, -0.2) is 4.79 Å². The second kappa shape index (κ2) is 7.83. The average molecular weight is 438 g/mol. The van der Waals surface area contributed by atoms with Crippen LogP contribution in [0.1, 0.15) is 30.4 Å². The van der Waals surface area contributed by atoms with Gasteiger partial charge in [-0.3, -0.25) is 0 Å². The first-order valence-electron chi connectivity index (χ1n) is 9.49. The number of carbonyl (C=O) groups excluding carboxylic acids is 1. The summed E-state index contributed by atoms with van der Waals surface area (Å²) in [5.74, 6) is 0. The monoisotopic (exact) mass is 437 g/mol. The molecule has 0 unspecified atom stereocenters. The Labute approximate surface area is 176 Å². The number of nitrogens with zero attached hydrogens (tertiary/aromatic N) is 2. The van der Waals surface area contributed by atoms with Gasteiger partial charge in [0.15, 0.2) is 0 Å². The lowest BCUT2D eigenvalue weighted by Crippen LogP contribution is -2.48. The molecule has 2 aliphatic rings. The second-order valence-corrected chi connectivity index (χ2v) is 7.87. The largest absolute Gasteiger partial charge is 0.417 e. The predicted molar refractivity (Wildman–Crippen MR) is 108 cm³/mol. The molecule has 1 saturated heterocycles. The van der Waals surface area contributed by atoms with Crippen LogP contribution in [-0.4, -0.2) is 35.3 Å². The van der Waals surface area contributed by atoms with E-state index in [-0.39, 0.29) is 5.69 Å². The summed E-state index contributed by atoms with van der Waals surface area (Å²) >= 11 is 5.62. The smallest absolute Gasteiger partial charge is 0.388 e. The number of urea groups is 1. The van der Waals surface area contributed by atoms with Gasteiger partial charge in [0.2, 0.25) is 0 Å². The summed E-state index contributed by atoms with van der Waals surface area (Å²) < 4.78 is 39.0. The topological polar surface area (TPSA) is 53.9 Å². The Kier molecular flexibility index (Phi) is 5.36. The highest BCUT2D eigenvalue weighted by Gasteiger charge is 2.43. The molecule has 0 radical (unpaired) electrons. The number of oxime groups is 1. The van der Waals surface area contributed by atoms with Gasteiger partial charge in [-0.2, -0.15) is 13.2 Å². The summed E-state index contributed by atoms with van der Waals surface area (Å²) in [4.78, 5) is 19.9. The number of benzene rings is 2. The normalized spacial score (nSPS) is 18.1. The van der Waals surface area contributed by atoms with E-state index in [2.05, 4.69) is 10.5 Å². The minimum Gasteiger partial charge on any atom is -0.388 e. The molecule has 4 rings (SSSR count). The van der Waals surface area contributed by atoms with E-state index in [9.17, 15) is 18.0 Å². The molecule has 0 aliphatic carbocycles. The number of piperidine rings is 1. The van der Waals surface area contributed by atoms with Crippen molar-refractivity contribution >= 4 is 29.0 Å². The Hall–Kier alpha value is -2.74. The van der Waals surface area contributed by atoms with E-state index in [1.807, 2.05) is 30.3 Å². The number of nitrogens with one attached hydrogen (secondary N) is 1. The van der Waals surface area contributed by atoms with Gasteiger partial charge in [0, 0.05) is 38.0 Å². The molecule has 0 bridgehead atoms. The number of halogens is 4. The van der Waals surface area contributed by atoms with Crippen molar-refractivity contribution in [2.24, 2.45) is 5.16 Å². The molecule has 2 amide bonds. The highest BCUT2D eigenvalue weighted by molar-refractivity contribution is 6.31. The van der Waals surface area contributed by atoms with Crippen LogP contribution in [0.5, 0.6) is 0 Å². The minimum atomic E-state index is -4.59. The highest BCUT2D eigenvalue weighted by Crippen LogP contribution is 2.37. The van der Waals surface area contributed by atoms with E-state index < -0.39 is 28.4 Å². The maximum absolute atomic E-state index is 13.0. The average Bonchev–Trinajstić information content (AvgIpc) is 3.13. The SMILES string of the molecule is O=C(Nc1ccc(Cl)c(C(F)(F)F)c1)N1CCC2(CC1)CC(c1ccccc1)=NO2. The van der Waals surface area contributed by atoms with Gasteiger partial charge in [0.1, 0.15) is 5.60 Å². The van der Waals surface area contributed by atoms with Crippen LogP contribution >= 0.6 is 11.6 Å². The first-order chi connectivity index (χ1) is 14.3. The van der Waals surface area contributed by atoms with Gasteiger partial charge >= 0.3 is 12.2 Å². The third-order valence-corrected chi connectivity index (χ3v) is 5.76. The summed E-state index contributed by atoms with van der Waals surface area (Å²) in [6, 6.07) is 12.6. The Morgan fingerprint density at radius 3 is 2.50 bits per heavy atom. The van der Waals surface area contributed by atoms with Crippen molar-refractivity contribution in [2.45, 2.75) is 31.0 Å². The van der Waals surface area contributed by atoms with Crippen molar-refractivity contribution in [1.29, 1.82) is 0 Å². The number of hydrogen-bond donors (Lipinski definition) is 1. The molecule has 2 aromatic carbocycles. The molecule has 1 spiro atoms. The van der Waals surface area contributed by atoms with Crippen LogP contribution in [0.2, 0.25) is 5.02 Å². The number of anilines is 1. The van der Waals surface area contributed by atoms with E-state index in [0.717, 1.165) is 23.4 Å². The highest BCUT2D eigenvalue weighted by atomic mass is 35.5. The summed E-state index contributed by atoms with van der Waals surface area (Å²) in [7, 11) is 0. The Balaban J connectivity index is 1.36. The second-order valence-electron chi connectivity index (χ2n) is 7.46. The first kappa shape index (κ1) is 20.5. The van der Waals surface area contributed by atoms with E-state index in [0.29, 0.717) is 32.4 Å². The molecule has 0 saturated carbocycles. The van der Waals surface area contributed by atoms with E-state index in [1.54, 1.807) is 4.90 Å². The number of alkyl halides is 3. The molecule has 30 heavy (non-hydrogen) atoms. The van der Waals surface area contributed by atoms with Gasteiger partial charge in [-0.1, -0.05) is 47.1 Å². The summed E-state index contributed by atoms with van der Waals surface area (Å²) in [5.41, 5.74) is 0.520. The maximum atomic E-state index is 13.0. The zero-order valence-electron chi connectivity index (χ0n) is 15.9. The van der Waals surface area contributed by atoms with Crippen LogP contribution in [0.25, 0.3) is 0 Å². The fourth-order valence-corrected chi connectivity index (χ4v) is 3.94. The first-order valence-corrected chi connectivity index (χ1v) is 9.87. The number of hydrogen-bond acceptors (Lipinski definition) is 3. The lowest BCUT2D eigenvalue weighted by molar-refractivity contribution is -0.137. The van der Waals surface area contributed by atoms with Crippen LogP contribution in [0.3, 0.4) is 0 Å². The molecule has 2 aromatic rings. The molecular weight excluding hydrogens is 419 g/mol. The fourth-order valence-electron chi connectivity index (χ4n) is 3.72. The maximum Gasteiger partial charge on any atom is 0.417 e. The molecule has 2 aliphatic heterocycles. The van der Waals surface area contributed by atoms with E-state index in [1.165, 1.54) is 6.07 Å². The molecule has 9 heteroatoms. The van der Waals surface area contributed by atoms with Crippen molar-refractivity contribution in [3.8, 4) is 0 Å². The van der Waals surface area contributed by atoms with Crippen LogP contribution in [-0.2, 0) is 11.0 Å². The van der Waals surface area contributed by atoms with E-state index in [4.69, 9.17) is 16.4 Å². The zero-order valence-corrected chi connectivity index (χ0v) is 16.6. The third kappa shape index (κ3) is 4.23. The van der Waals surface area contributed by atoms with E-state index >= 15 is 0 Å². The Bertz CT molecular complexity index is 971. The number of rotatable bonds is 2. The number of carbonyl (C=O) groups is 1. The fraction of sp³-hybridized carbons (Fsp3) is 0.333. The molecule has 0 aromatic heterocycles. The molecule has 1 fully saturated rings. The zero-order chi connectivity index (χ0) is 21.4. The Morgan fingerprint density at radius 2 is 1.83 bits per heavy atom. The van der Waals surface area contributed by atoms with Crippen LogP contribution in [0, 0.1) is 0 Å². The minimum absolute atomic E-state index is 0.0452. The molecule has 1 N–H and O–H groups in total. The summed E-state index contributed by atoms with van der Waals surface area (Å²) in [6.07, 6.45) is -2.74. The van der Waals surface area contributed by atoms with Gasteiger partial charge in [-0.05, 0) is 23.8 Å². The van der Waals surface area contributed by atoms with Crippen molar-refractivity contribution < 1.29 is 22.8 Å². The van der Waals surface area contributed by atoms with Crippen molar-refractivity contribution in [3.63, 3.8) is 0 Å². The lowest BCUT2D eigenvalue weighted by Gasteiger charge is -2.37. The molecule has 2 heterocycles. The predicted octanol–water partition coefficient (Wildman–Crippen LogP) is 5.55. The molecule has 158 valence electrons. The number of amides is 2. The van der Waals surface area contributed by atoms with Gasteiger partial charge < -0.3 is 15.1 Å². The number of likely N-dealkylation sites (tertiary alicyclic amines) is 1. The molecule has 5 nitrogen and oxygen atoms in total. The van der Waals surface area contributed by atoms with Gasteiger partial charge in [0.25, 0.3) is 0 Å². The van der Waals surface area contributed by atoms with Crippen molar-refractivity contribution in [2.75, 3.05) is 18.4 Å². The molecular formula is C21H19ClF3N3O2.